The molecule has 2 aliphatic rings. The number of rotatable bonds is 6. The summed E-state index contributed by atoms with van der Waals surface area (Å²) in [7, 11) is 0. The van der Waals surface area contributed by atoms with Gasteiger partial charge in [0, 0.05) is 31.0 Å². The second-order valence-corrected chi connectivity index (χ2v) is 8.66. The van der Waals surface area contributed by atoms with Crippen LogP contribution in [0.2, 0.25) is 0 Å². The SMILES string of the molecule is CC(C)Nc1cc(Nc2ccnc(N3CCC(O)C(F)C3)n2)ncc1C(=N)N1CC(F)(F)C1. The van der Waals surface area contributed by atoms with E-state index in [-0.39, 0.29) is 18.4 Å². The Kier molecular flexibility index (Phi) is 6.28. The van der Waals surface area contributed by atoms with Gasteiger partial charge in [0.05, 0.1) is 37.0 Å². The van der Waals surface area contributed by atoms with Crippen LogP contribution in [0, 0.1) is 5.41 Å². The lowest BCUT2D eigenvalue weighted by Gasteiger charge is -2.40. The monoisotopic (exact) mass is 464 g/mol. The molecule has 0 radical (unpaired) electrons. The van der Waals surface area contributed by atoms with Gasteiger partial charge in [0.15, 0.2) is 0 Å². The summed E-state index contributed by atoms with van der Waals surface area (Å²) in [4.78, 5) is 15.9. The highest BCUT2D eigenvalue weighted by Gasteiger charge is 2.45. The first kappa shape index (κ1) is 23.0. The number of alkyl halides is 3. The molecular weight excluding hydrogens is 437 g/mol. The lowest BCUT2D eigenvalue weighted by atomic mass is 10.1. The molecule has 0 bridgehead atoms. The normalized spacial score (nSPS) is 22.2. The number of hydrogen-bond donors (Lipinski definition) is 4. The van der Waals surface area contributed by atoms with E-state index in [1.54, 1.807) is 23.2 Å². The summed E-state index contributed by atoms with van der Waals surface area (Å²) in [5.74, 6) is -1.57. The molecule has 0 amide bonds. The molecule has 4 rings (SSSR count). The van der Waals surface area contributed by atoms with Gasteiger partial charge in [-0.05, 0) is 26.3 Å². The Bertz CT molecular complexity index is 1010. The van der Waals surface area contributed by atoms with Gasteiger partial charge >= 0.3 is 0 Å². The van der Waals surface area contributed by atoms with Crippen LogP contribution >= 0.6 is 0 Å². The van der Waals surface area contributed by atoms with Crippen LogP contribution in [0.15, 0.2) is 24.5 Å². The number of pyridine rings is 1. The highest BCUT2D eigenvalue weighted by molar-refractivity contribution is 6.02. The van der Waals surface area contributed by atoms with E-state index in [1.807, 2.05) is 13.8 Å². The highest BCUT2D eigenvalue weighted by Crippen LogP contribution is 2.31. The minimum atomic E-state index is -2.77. The van der Waals surface area contributed by atoms with E-state index < -0.39 is 31.3 Å². The molecule has 4 heterocycles. The highest BCUT2D eigenvalue weighted by atomic mass is 19.3. The minimum absolute atomic E-state index is 0.0116. The number of likely N-dealkylation sites (tertiary alicyclic amines) is 1. The molecule has 178 valence electrons. The lowest BCUT2D eigenvalue weighted by molar-refractivity contribution is -0.101. The number of aromatic nitrogens is 3. The Balaban J connectivity index is 1.52. The number of hydrogen-bond acceptors (Lipinski definition) is 8. The van der Waals surface area contributed by atoms with E-state index in [0.29, 0.717) is 41.8 Å². The molecule has 2 fully saturated rings. The summed E-state index contributed by atoms with van der Waals surface area (Å²) >= 11 is 0. The molecule has 0 aromatic carbocycles. The molecule has 9 nitrogen and oxygen atoms in total. The van der Waals surface area contributed by atoms with Gasteiger partial charge in [0.2, 0.25) is 5.95 Å². The third kappa shape index (κ3) is 5.27. The van der Waals surface area contributed by atoms with Crippen LogP contribution in [0.25, 0.3) is 0 Å². The van der Waals surface area contributed by atoms with Gasteiger partial charge in [0.1, 0.15) is 23.6 Å². The van der Waals surface area contributed by atoms with Gasteiger partial charge in [-0.2, -0.15) is 4.98 Å². The fraction of sp³-hybridized carbons (Fsp3) is 0.524. The summed E-state index contributed by atoms with van der Waals surface area (Å²) in [6.45, 7) is 3.36. The molecule has 2 aliphatic heterocycles. The number of amidine groups is 1. The number of anilines is 4. The van der Waals surface area contributed by atoms with Crippen molar-refractivity contribution in [2.75, 3.05) is 41.7 Å². The third-order valence-corrected chi connectivity index (χ3v) is 5.45. The van der Waals surface area contributed by atoms with Crippen molar-refractivity contribution in [2.24, 2.45) is 0 Å². The van der Waals surface area contributed by atoms with Crippen molar-refractivity contribution in [2.45, 2.75) is 44.5 Å². The van der Waals surface area contributed by atoms with Gasteiger partial charge in [-0.25, -0.2) is 23.1 Å². The smallest absolute Gasteiger partial charge is 0.282 e. The first-order valence-corrected chi connectivity index (χ1v) is 10.8. The zero-order valence-electron chi connectivity index (χ0n) is 18.4. The van der Waals surface area contributed by atoms with Gasteiger partial charge in [-0.1, -0.05) is 0 Å². The van der Waals surface area contributed by atoms with Crippen molar-refractivity contribution in [1.82, 2.24) is 19.9 Å². The summed E-state index contributed by atoms with van der Waals surface area (Å²) in [5.41, 5.74) is 1.01. The zero-order valence-corrected chi connectivity index (χ0v) is 18.4. The number of nitrogens with zero attached hydrogens (tertiary/aromatic N) is 5. The Hall–Kier alpha value is -3.15. The molecular formula is C21H27F3N8O. The minimum Gasteiger partial charge on any atom is -0.390 e. The lowest BCUT2D eigenvalue weighted by Crippen LogP contribution is -2.58. The van der Waals surface area contributed by atoms with Crippen LogP contribution in [0.1, 0.15) is 25.8 Å². The van der Waals surface area contributed by atoms with Crippen molar-refractivity contribution in [3.63, 3.8) is 0 Å². The fourth-order valence-corrected chi connectivity index (χ4v) is 3.76. The molecule has 0 aliphatic carbocycles. The average Bonchev–Trinajstić information content (AvgIpc) is 2.73. The third-order valence-electron chi connectivity index (χ3n) is 5.45. The van der Waals surface area contributed by atoms with E-state index in [9.17, 15) is 18.3 Å². The molecule has 2 unspecified atom stereocenters. The first-order chi connectivity index (χ1) is 15.6. The number of aliphatic hydroxyl groups excluding tert-OH is 1. The van der Waals surface area contributed by atoms with E-state index in [4.69, 9.17) is 5.41 Å². The number of nitrogens with one attached hydrogen (secondary N) is 3. The van der Waals surface area contributed by atoms with Gasteiger partial charge < -0.3 is 25.5 Å². The number of aliphatic hydroxyl groups is 1. The second kappa shape index (κ2) is 9.00. The largest absolute Gasteiger partial charge is 0.390 e. The fourth-order valence-electron chi connectivity index (χ4n) is 3.76. The van der Waals surface area contributed by atoms with Crippen LogP contribution in [-0.4, -0.2) is 81.2 Å². The molecule has 0 saturated carbocycles. The molecule has 2 aromatic heterocycles. The van der Waals surface area contributed by atoms with Crippen molar-refractivity contribution in [3.05, 3.63) is 30.1 Å². The van der Waals surface area contributed by atoms with Crippen LogP contribution < -0.4 is 15.5 Å². The topological polar surface area (TPSA) is 113 Å². The first-order valence-electron chi connectivity index (χ1n) is 10.8. The quantitative estimate of drug-likeness (QED) is 0.381. The maximum Gasteiger partial charge on any atom is 0.282 e. The molecule has 2 aromatic rings. The summed E-state index contributed by atoms with van der Waals surface area (Å²) in [6, 6.07) is 3.38. The molecule has 4 N–H and O–H groups in total. The van der Waals surface area contributed by atoms with Gasteiger partial charge in [0.25, 0.3) is 5.92 Å². The predicted octanol–water partition coefficient (Wildman–Crippen LogP) is 2.62. The summed E-state index contributed by atoms with van der Waals surface area (Å²) in [5, 5.41) is 24.2. The Labute approximate surface area is 189 Å². The Morgan fingerprint density at radius 3 is 2.70 bits per heavy atom. The molecule has 12 heteroatoms. The second-order valence-electron chi connectivity index (χ2n) is 8.66. The van der Waals surface area contributed by atoms with E-state index in [1.165, 1.54) is 11.1 Å². The zero-order chi connectivity index (χ0) is 23.8. The van der Waals surface area contributed by atoms with Crippen molar-refractivity contribution in [1.29, 1.82) is 5.41 Å². The van der Waals surface area contributed by atoms with E-state index in [2.05, 4.69) is 25.6 Å². The molecule has 0 spiro atoms. The van der Waals surface area contributed by atoms with Crippen molar-refractivity contribution < 1.29 is 18.3 Å². The van der Waals surface area contributed by atoms with Crippen LogP contribution in [-0.2, 0) is 0 Å². The Morgan fingerprint density at radius 2 is 2.03 bits per heavy atom. The van der Waals surface area contributed by atoms with Crippen molar-refractivity contribution >= 4 is 29.1 Å². The summed E-state index contributed by atoms with van der Waals surface area (Å²) in [6.07, 6.45) is 0.973. The van der Waals surface area contributed by atoms with Crippen LogP contribution in [0.4, 0.5) is 36.4 Å². The maximum atomic E-state index is 13.9. The number of piperidine rings is 1. The average molecular weight is 464 g/mol. The van der Waals surface area contributed by atoms with E-state index in [0.717, 1.165) is 0 Å². The van der Waals surface area contributed by atoms with Gasteiger partial charge in [-0.3, -0.25) is 5.41 Å². The Morgan fingerprint density at radius 1 is 1.27 bits per heavy atom. The van der Waals surface area contributed by atoms with Crippen LogP contribution in [0.5, 0.6) is 0 Å². The summed E-state index contributed by atoms with van der Waals surface area (Å²) < 4.78 is 40.4. The number of halogens is 3. The molecule has 33 heavy (non-hydrogen) atoms. The van der Waals surface area contributed by atoms with Crippen molar-refractivity contribution in [3.8, 4) is 0 Å². The molecule has 2 atom stereocenters. The maximum absolute atomic E-state index is 13.9. The standard InChI is InChI=1S/C21H27F3N8O/c1-12(2)28-15-7-18(27-8-13(15)19(25)32-10-21(23,24)11-32)29-17-3-5-26-20(30-17)31-6-4-16(33)14(22)9-31/h3,5,7-8,12,14,16,25,33H,4,6,9-11H2,1-2H3,(H2,26,27,28,29,30). The molecule has 2 saturated heterocycles. The predicted molar refractivity (Wildman–Crippen MR) is 119 cm³/mol. The van der Waals surface area contributed by atoms with Gasteiger partial charge in [-0.15, -0.1) is 0 Å². The van der Waals surface area contributed by atoms with E-state index >= 15 is 0 Å². The van der Waals surface area contributed by atoms with Crippen LogP contribution in [0.3, 0.4) is 0 Å².